The normalized spacial score (nSPS) is 18.8. The van der Waals surface area contributed by atoms with Crippen molar-refractivity contribution < 1.29 is 22.7 Å². The molecule has 7 nitrogen and oxygen atoms in total. The number of sulfonamides is 1. The topological polar surface area (TPSA) is 92.8 Å². The van der Waals surface area contributed by atoms with Gasteiger partial charge < -0.3 is 9.64 Å². The molecule has 1 unspecified atom stereocenters. The molecule has 0 aliphatic carbocycles. The first-order valence-electron chi connectivity index (χ1n) is 9.39. The second-order valence-corrected chi connectivity index (χ2v) is 9.80. The van der Waals surface area contributed by atoms with E-state index in [1.54, 1.807) is 37.8 Å². The molecule has 0 aromatic heterocycles. The van der Waals surface area contributed by atoms with E-state index < -0.39 is 16.1 Å². The number of nitrogens with one attached hydrogen (secondary N) is 1. The second kappa shape index (κ2) is 9.84. The van der Waals surface area contributed by atoms with Gasteiger partial charge in [0.1, 0.15) is 6.04 Å². The molecule has 2 rings (SSSR count). The van der Waals surface area contributed by atoms with E-state index in [4.69, 9.17) is 4.74 Å². The van der Waals surface area contributed by atoms with Crippen molar-refractivity contribution in [1.82, 2.24) is 9.62 Å². The number of esters is 1. The number of likely N-dealkylation sites (tertiary alicyclic amines) is 1. The van der Waals surface area contributed by atoms with Crippen LogP contribution in [0, 0.1) is 11.8 Å². The SMILES string of the molecule is CCOC(=O)C1CCCN(C(=O)[C@@H](NS(=O)(=O)c2ccc(Br)cc2)C(C)C)C1. The molecule has 1 aromatic carbocycles. The molecule has 1 heterocycles. The van der Waals surface area contributed by atoms with Gasteiger partial charge in [0, 0.05) is 17.6 Å². The first-order valence-corrected chi connectivity index (χ1v) is 11.7. The molecule has 156 valence electrons. The summed E-state index contributed by atoms with van der Waals surface area (Å²) in [5.41, 5.74) is 0. The maximum Gasteiger partial charge on any atom is 0.310 e. The zero-order chi connectivity index (χ0) is 20.9. The molecule has 1 amide bonds. The first kappa shape index (κ1) is 22.8. The zero-order valence-corrected chi connectivity index (χ0v) is 18.8. The predicted molar refractivity (Wildman–Crippen MR) is 109 cm³/mol. The van der Waals surface area contributed by atoms with Crippen LogP contribution in [0.25, 0.3) is 0 Å². The van der Waals surface area contributed by atoms with Crippen LogP contribution in [0.1, 0.15) is 33.6 Å². The molecule has 9 heteroatoms. The molecule has 0 radical (unpaired) electrons. The van der Waals surface area contributed by atoms with Gasteiger partial charge in [0.05, 0.1) is 17.4 Å². The van der Waals surface area contributed by atoms with Gasteiger partial charge in [-0.1, -0.05) is 29.8 Å². The molecule has 0 bridgehead atoms. The molecular formula is C19H27BrN2O5S. The molecule has 1 saturated heterocycles. The third kappa shape index (κ3) is 5.78. The smallest absolute Gasteiger partial charge is 0.310 e. The lowest BCUT2D eigenvalue weighted by molar-refractivity contribution is -0.151. The third-order valence-electron chi connectivity index (χ3n) is 4.69. The fourth-order valence-corrected chi connectivity index (χ4v) is 4.75. The van der Waals surface area contributed by atoms with Gasteiger partial charge in [-0.2, -0.15) is 4.72 Å². The number of piperidine rings is 1. The summed E-state index contributed by atoms with van der Waals surface area (Å²) in [5, 5.41) is 0. The minimum absolute atomic E-state index is 0.0946. The number of halogens is 1. The molecule has 2 atom stereocenters. The summed E-state index contributed by atoms with van der Waals surface area (Å²) in [7, 11) is -3.85. The molecule has 28 heavy (non-hydrogen) atoms. The molecule has 1 aliphatic heterocycles. The van der Waals surface area contributed by atoms with Crippen molar-refractivity contribution in [2.24, 2.45) is 11.8 Å². The standard InChI is InChI=1S/C19H27BrN2O5S/c1-4-27-19(24)14-6-5-11-22(12-14)18(23)17(13(2)3)21-28(25,26)16-9-7-15(20)8-10-16/h7-10,13-14,17,21H,4-6,11-12H2,1-3H3/t14?,17-/m0/s1. The summed E-state index contributed by atoms with van der Waals surface area (Å²) in [6.45, 7) is 6.37. The highest BCUT2D eigenvalue weighted by Crippen LogP contribution is 2.21. The highest BCUT2D eigenvalue weighted by molar-refractivity contribution is 9.10. The van der Waals surface area contributed by atoms with E-state index in [9.17, 15) is 18.0 Å². The van der Waals surface area contributed by atoms with Gasteiger partial charge >= 0.3 is 5.97 Å². The maximum absolute atomic E-state index is 13.1. The molecule has 1 N–H and O–H groups in total. The number of carbonyl (C=O) groups excluding carboxylic acids is 2. The van der Waals surface area contributed by atoms with Crippen LogP contribution in [-0.4, -0.2) is 50.9 Å². The van der Waals surface area contributed by atoms with Gasteiger partial charge in [0.15, 0.2) is 0 Å². The van der Waals surface area contributed by atoms with E-state index in [0.717, 1.165) is 4.47 Å². The van der Waals surface area contributed by atoms with Crippen molar-refractivity contribution in [3.63, 3.8) is 0 Å². The third-order valence-corrected chi connectivity index (χ3v) is 6.68. The van der Waals surface area contributed by atoms with Crippen LogP contribution >= 0.6 is 15.9 Å². The number of benzene rings is 1. The fourth-order valence-electron chi connectivity index (χ4n) is 3.15. The van der Waals surface area contributed by atoms with Crippen LogP contribution in [0.5, 0.6) is 0 Å². The van der Waals surface area contributed by atoms with Crippen molar-refractivity contribution in [1.29, 1.82) is 0 Å². The van der Waals surface area contributed by atoms with E-state index in [2.05, 4.69) is 20.7 Å². The fraction of sp³-hybridized carbons (Fsp3) is 0.579. The minimum atomic E-state index is -3.85. The second-order valence-electron chi connectivity index (χ2n) is 7.17. The minimum Gasteiger partial charge on any atom is -0.466 e. The average Bonchev–Trinajstić information content (AvgIpc) is 2.66. The number of carbonyl (C=O) groups is 2. The van der Waals surface area contributed by atoms with E-state index in [1.165, 1.54) is 12.1 Å². The Bertz CT molecular complexity index is 795. The van der Waals surface area contributed by atoms with E-state index >= 15 is 0 Å². The highest BCUT2D eigenvalue weighted by Gasteiger charge is 2.35. The maximum atomic E-state index is 13.1. The Morgan fingerprint density at radius 2 is 1.93 bits per heavy atom. The monoisotopic (exact) mass is 474 g/mol. The van der Waals surface area contributed by atoms with Gasteiger partial charge in [-0.15, -0.1) is 0 Å². The van der Waals surface area contributed by atoms with Crippen LogP contribution in [0.2, 0.25) is 0 Å². The van der Waals surface area contributed by atoms with Crippen LogP contribution in [0.3, 0.4) is 0 Å². The number of hydrogen-bond donors (Lipinski definition) is 1. The van der Waals surface area contributed by atoms with Crippen LogP contribution in [0.15, 0.2) is 33.6 Å². The molecular weight excluding hydrogens is 448 g/mol. The van der Waals surface area contributed by atoms with Gasteiger partial charge in [-0.25, -0.2) is 8.42 Å². The Morgan fingerprint density at radius 1 is 1.29 bits per heavy atom. The molecule has 1 aromatic rings. The van der Waals surface area contributed by atoms with Crippen molar-refractivity contribution >= 4 is 37.8 Å². The largest absolute Gasteiger partial charge is 0.466 e. The van der Waals surface area contributed by atoms with Crippen molar-refractivity contribution in [3.8, 4) is 0 Å². The van der Waals surface area contributed by atoms with Gasteiger partial charge in [0.2, 0.25) is 15.9 Å². The number of nitrogens with zero attached hydrogens (tertiary/aromatic N) is 1. The predicted octanol–water partition coefficient (Wildman–Crippen LogP) is 2.55. The van der Waals surface area contributed by atoms with Crippen molar-refractivity contribution in [3.05, 3.63) is 28.7 Å². The number of ether oxygens (including phenoxy) is 1. The number of hydrogen-bond acceptors (Lipinski definition) is 5. The van der Waals surface area contributed by atoms with Crippen molar-refractivity contribution in [2.75, 3.05) is 19.7 Å². The van der Waals surface area contributed by atoms with E-state index in [-0.39, 0.29) is 35.2 Å². The summed E-state index contributed by atoms with van der Waals surface area (Å²) >= 11 is 3.28. The van der Waals surface area contributed by atoms with Gasteiger partial charge in [-0.05, 0) is 49.9 Å². The average molecular weight is 475 g/mol. The molecule has 0 saturated carbocycles. The van der Waals surface area contributed by atoms with Crippen LogP contribution in [-0.2, 0) is 24.3 Å². The zero-order valence-electron chi connectivity index (χ0n) is 16.4. The lowest BCUT2D eigenvalue weighted by atomic mass is 9.96. The Kier molecular flexibility index (Phi) is 8.03. The van der Waals surface area contributed by atoms with E-state index in [0.29, 0.717) is 26.0 Å². The Morgan fingerprint density at radius 3 is 2.50 bits per heavy atom. The highest BCUT2D eigenvalue weighted by atomic mass is 79.9. The Hall–Kier alpha value is -1.45. The summed E-state index contributed by atoms with van der Waals surface area (Å²) < 4.78 is 33.8. The lowest BCUT2D eigenvalue weighted by Crippen LogP contribution is -2.54. The van der Waals surface area contributed by atoms with E-state index in [1.807, 2.05) is 0 Å². The lowest BCUT2D eigenvalue weighted by Gasteiger charge is -2.35. The summed E-state index contributed by atoms with van der Waals surface area (Å²) in [6.07, 6.45) is 1.35. The summed E-state index contributed by atoms with van der Waals surface area (Å²) in [6, 6.07) is 5.32. The molecule has 1 aliphatic rings. The van der Waals surface area contributed by atoms with Gasteiger partial charge in [0.25, 0.3) is 0 Å². The number of rotatable bonds is 7. The Labute approximate surface area is 175 Å². The Balaban J connectivity index is 2.15. The van der Waals surface area contributed by atoms with Gasteiger partial charge in [-0.3, -0.25) is 9.59 Å². The van der Waals surface area contributed by atoms with Crippen LogP contribution in [0.4, 0.5) is 0 Å². The quantitative estimate of drug-likeness (QED) is 0.612. The summed E-state index contributed by atoms with van der Waals surface area (Å²) in [5.74, 6) is -1.24. The molecule has 0 spiro atoms. The first-order chi connectivity index (χ1) is 13.2. The van der Waals surface area contributed by atoms with Crippen LogP contribution < -0.4 is 4.72 Å². The summed E-state index contributed by atoms with van der Waals surface area (Å²) in [4.78, 5) is 26.8. The number of amides is 1. The molecule has 1 fully saturated rings. The van der Waals surface area contributed by atoms with Crippen molar-refractivity contribution in [2.45, 2.75) is 44.6 Å².